The predicted octanol–water partition coefficient (Wildman–Crippen LogP) is 6.01. The molecule has 0 bridgehead atoms. The van der Waals surface area contributed by atoms with E-state index in [0.29, 0.717) is 42.0 Å². The number of halogens is 2. The molecule has 220 valence electrons. The van der Waals surface area contributed by atoms with E-state index in [1.165, 1.54) is 28.0 Å². The Hall–Kier alpha value is -4.06. The Morgan fingerprint density at radius 1 is 1.19 bits per heavy atom. The molecule has 0 fully saturated rings. The van der Waals surface area contributed by atoms with Gasteiger partial charge in [-0.05, 0) is 71.6 Å². The lowest BCUT2D eigenvalue weighted by molar-refractivity contribution is -0.384. The van der Waals surface area contributed by atoms with Crippen molar-refractivity contribution in [2.45, 2.75) is 33.4 Å². The highest BCUT2D eigenvalue weighted by Gasteiger charge is 2.33. The number of carbonyl (C=O) groups excluding carboxylic acids is 1. The number of aromatic nitrogens is 1. The maximum atomic E-state index is 13.9. The van der Waals surface area contributed by atoms with Crippen LogP contribution in [0.2, 0.25) is 5.02 Å². The lowest BCUT2D eigenvalue weighted by atomic mass is 9.95. The second kappa shape index (κ2) is 12.7. The van der Waals surface area contributed by atoms with Crippen LogP contribution in [0.5, 0.6) is 5.75 Å². The van der Waals surface area contributed by atoms with E-state index in [9.17, 15) is 19.7 Å². The number of esters is 1. The van der Waals surface area contributed by atoms with Crippen molar-refractivity contribution in [1.29, 1.82) is 0 Å². The van der Waals surface area contributed by atoms with Crippen LogP contribution >= 0.6 is 38.9 Å². The molecule has 12 heteroatoms. The number of hydrogen-bond donors (Lipinski definition) is 0. The van der Waals surface area contributed by atoms with Crippen molar-refractivity contribution >= 4 is 56.6 Å². The largest absolute Gasteiger partial charge is 0.486 e. The Morgan fingerprint density at radius 3 is 2.60 bits per heavy atom. The number of nitrogens with zero attached hydrogens (tertiary/aromatic N) is 3. The van der Waals surface area contributed by atoms with Crippen molar-refractivity contribution in [1.82, 2.24) is 4.57 Å². The third-order valence-electron chi connectivity index (χ3n) is 6.73. The first-order valence-electron chi connectivity index (χ1n) is 13.2. The Bertz CT molecular complexity index is 1940. The SMILES string of the molecule is CCOC(=O)C1=C(C)N=c2s/c(=C/c3cc(Cl)c(OCc4cccc([N+](=O)[O-])c4)c(Br)c3)c(=O)n2[C@H]1c1ccc(C)cc1. The number of carbonyl (C=O) groups is 1. The number of thiazole rings is 1. The highest BCUT2D eigenvalue weighted by molar-refractivity contribution is 9.10. The van der Waals surface area contributed by atoms with Crippen LogP contribution in [0.25, 0.3) is 6.08 Å². The fourth-order valence-corrected chi connectivity index (χ4v) is 6.76. The van der Waals surface area contributed by atoms with Crippen LogP contribution in [0.1, 0.15) is 42.1 Å². The first-order chi connectivity index (χ1) is 20.6. The molecule has 3 aromatic carbocycles. The topological polar surface area (TPSA) is 113 Å². The Labute approximate surface area is 263 Å². The molecule has 4 aromatic rings. The molecule has 1 aromatic heterocycles. The average molecular weight is 683 g/mol. The zero-order chi connectivity index (χ0) is 30.8. The van der Waals surface area contributed by atoms with Gasteiger partial charge in [0, 0.05) is 12.1 Å². The van der Waals surface area contributed by atoms with E-state index in [-0.39, 0.29) is 29.5 Å². The summed E-state index contributed by atoms with van der Waals surface area (Å²) < 4.78 is 13.7. The summed E-state index contributed by atoms with van der Waals surface area (Å²) in [6, 6.07) is 16.6. The number of non-ortho nitro benzene ring substituents is 1. The summed E-state index contributed by atoms with van der Waals surface area (Å²) in [5.41, 5.74) is 3.55. The fraction of sp³-hybridized carbons (Fsp3) is 0.194. The first-order valence-corrected chi connectivity index (χ1v) is 15.2. The lowest BCUT2D eigenvalue weighted by Crippen LogP contribution is -2.39. The van der Waals surface area contributed by atoms with E-state index in [0.717, 1.165) is 11.1 Å². The van der Waals surface area contributed by atoms with Crippen LogP contribution in [-0.2, 0) is 16.1 Å². The summed E-state index contributed by atoms with van der Waals surface area (Å²) in [6.07, 6.45) is 1.71. The molecule has 0 aliphatic carbocycles. The number of ether oxygens (including phenoxy) is 2. The monoisotopic (exact) mass is 681 g/mol. The molecule has 1 aliphatic heterocycles. The van der Waals surface area contributed by atoms with Crippen LogP contribution < -0.4 is 19.6 Å². The van der Waals surface area contributed by atoms with Gasteiger partial charge < -0.3 is 9.47 Å². The van der Waals surface area contributed by atoms with E-state index in [1.54, 1.807) is 44.2 Å². The molecule has 1 atom stereocenters. The number of aryl methyl sites for hydroxylation is 1. The van der Waals surface area contributed by atoms with Gasteiger partial charge in [0.1, 0.15) is 6.61 Å². The van der Waals surface area contributed by atoms with E-state index in [1.807, 2.05) is 31.2 Å². The summed E-state index contributed by atoms with van der Waals surface area (Å²) in [5, 5.41) is 11.4. The lowest BCUT2D eigenvalue weighted by Gasteiger charge is -2.24. The predicted molar refractivity (Wildman–Crippen MR) is 168 cm³/mol. The Balaban J connectivity index is 1.52. The molecule has 1 aliphatic rings. The number of nitro groups is 1. The van der Waals surface area contributed by atoms with Crippen LogP contribution in [-0.4, -0.2) is 22.1 Å². The van der Waals surface area contributed by atoms with Crippen molar-refractivity contribution in [3.63, 3.8) is 0 Å². The minimum Gasteiger partial charge on any atom is -0.486 e. The van der Waals surface area contributed by atoms with Gasteiger partial charge >= 0.3 is 5.97 Å². The molecule has 0 spiro atoms. The molecule has 0 unspecified atom stereocenters. The second-order valence-corrected chi connectivity index (χ2v) is 12.0. The minimum atomic E-state index is -0.696. The van der Waals surface area contributed by atoms with E-state index >= 15 is 0 Å². The molecule has 43 heavy (non-hydrogen) atoms. The van der Waals surface area contributed by atoms with Gasteiger partial charge in [-0.1, -0.05) is 64.9 Å². The van der Waals surface area contributed by atoms with Crippen LogP contribution in [0.3, 0.4) is 0 Å². The third-order valence-corrected chi connectivity index (χ3v) is 8.59. The summed E-state index contributed by atoms with van der Waals surface area (Å²) in [4.78, 5) is 42.6. The number of benzene rings is 3. The van der Waals surface area contributed by atoms with Crippen molar-refractivity contribution < 1.29 is 19.2 Å². The number of rotatable bonds is 8. The quantitative estimate of drug-likeness (QED) is 0.128. The van der Waals surface area contributed by atoms with Gasteiger partial charge in [-0.3, -0.25) is 19.5 Å². The van der Waals surface area contributed by atoms with E-state index < -0.39 is 16.9 Å². The van der Waals surface area contributed by atoms with Crippen molar-refractivity contribution in [2.24, 2.45) is 4.99 Å². The second-order valence-electron chi connectivity index (χ2n) is 9.74. The standard InChI is InChI=1S/C31H25BrClN3O6S/c1-4-41-30(38)26-18(3)34-31-35(27(26)21-10-8-17(2)9-11-21)29(37)25(43-31)15-20-13-23(32)28(24(33)14-20)42-16-19-6-5-7-22(12-19)36(39)40/h5-15,27H,4,16H2,1-3H3/b25-15+/t27-/m0/s1. The van der Waals surface area contributed by atoms with Crippen LogP contribution in [0.4, 0.5) is 5.69 Å². The molecule has 0 saturated carbocycles. The number of fused-ring (bicyclic) bond motifs is 1. The highest BCUT2D eigenvalue weighted by atomic mass is 79.9. The molecule has 5 rings (SSSR count). The minimum absolute atomic E-state index is 0.0303. The number of nitro benzene ring substituents is 1. The zero-order valence-electron chi connectivity index (χ0n) is 23.3. The van der Waals surface area contributed by atoms with Gasteiger partial charge in [0.2, 0.25) is 0 Å². The number of allylic oxidation sites excluding steroid dienone is 1. The Kier molecular flexibility index (Phi) is 8.95. The zero-order valence-corrected chi connectivity index (χ0v) is 26.5. The van der Waals surface area contributed by atoms with Gasteiger partial charge in [0.15, 0.2) is 10.6 Å². The van der Waals surface area contributed by atoms with Crippen molar-refractivity contribution in [3.8, 4) is 5.75 Å². The van der Waals surface area contributed by atoms with Gasteiger partial charge in [-0.25, -0.2) is 9.79 Å². The summed E-state index contributed by atoms with van der Waals surface area (Å²) >= 11 is 11.3. The normalized spacial score (nSPS) is 14.7. The van der Waals surface area contributed by atoms with Crippen molar-refractivity contribution in [2.75, 3.05) is 6.61 Å². The van der Waals surface area contributed by atoms with E-state index in [2.05, 4.69) is 20.9 Å². The smallest absolute Gasteiger partial charge is 0.338 e. The summed E-state index contributed by atoms with van der Waals surface area (Å²) in [5.74, 6) is -0.152. The maximum absolute atomic E-state index is 13.9. The first kappa shape index (κ1) is 30.4. The average Bonchev–Trinajstić information content (AvgIpc) is 3.26. The molecule has 2 heterocycles. The molecule has 0 radical (unpaired) electrons. The van der Waals surface area contributed by atoms with Crippen LogP contribution in [0, 0.1) is 17.0 Å². The van der Waals surface area contributed by atoms with E-state index in [4.69, 9.17) is 21.1 Å². The summed E-state index contributed by atoms with van der Waals surface area (Å²) in [6.45, 7) is 5.71. The molecular formula is C31H25BrClN3O6S. The van der Waals surface area contributed by atoms with Gasteiger partial charge in [-0.15, -0.1) is 0 Å². The maximum Gasteiger partial charge on any atom is 0.338 e. The van der Waals surface area contributed by atoms with Crippen LogP contribution in [0.15, 0.2) is 86.2 Å². The molecule has 0 saturated heterocycles. The third kappa shape index (κ3) is 6.34. The molecular weight excluding hydrogens is 658 g/mol. The molecule has 9 nitrogen and oxygen atoms in total. The van der Waals surface area contributed by atoms with Gasteiger partial charge in [0.25, 0.3) is 11.2 Å². The van der Waals surface area contributed by atoms with Gasteiger partial charge in [0.05, 0.1) is 42.9 Å². The summed E-state index contributed by atoms with van der Waals surface area (Å²) in [7, 11) is 0. The number of hydrogen-bond acceptors (Lipinski definition) is 8. The highest BCUT2D eigenvalue weighted by Crippen LogP contribution is 2.36. The van der Waals surface area contributed by atoms with Gasteiger partial charge in [-0.2, -0.15) is 0 Å². The van der Waals surface area contributed by atoms with Crippen molar-refractivity contribution in [3.05, 3.63) is 133 Å². The Morgan fingerprint density at radius 2 is 1.93 bits per heavy atom. The molecule has 0 amide bonds. The molecule has 0 N–H and O–H groups in total. The fourth-order valence-electron chi connectivity index (χ4n) is 4.72.